The van der Waals surface area contributed by atoms with Crippen molar-refractivity contribution in [2.45, 2.75) is 19.9 Å². The molecule has 0 fully saturated rings. The highest BCUT2D eigenvalue weighted by Gasteiger charge is 1.95. The van der Waals surface area contributed by atoms with Gasteiger partial charge >= 0.3 is 0 Å². The number of hydrogen-bond donors (Lipinski definition) is 0. The Kier molecular flexibility index (Phi) is 2.44. The lowest BCUT2D eigenvalue weighted by Crippen LogP contribution is -2.00. The van der Waals surface area contributed by atoms with Gasteiger partial charge in [0.15, 0.2) is 0 Å². The molecule has 0 N–H and O–H groups in total. The molecule has 0 saturated heterocycles. The number of halogens is 1. The lowest BCUT2D eigenvalue weighted by Gasteiger charge is -1.95. The molecule has 9 heavy (non-hydrogen) atoms. The van der Waals surface area contributed by atoms with Crippen molar-refractivity contribution in [3.05, 3.63) is 9.90 Å². The van der Waals surface area contributed by atoms with Crippen LogP contribution in [0.15, 0.2) is 6.20 Å². The average Bonchev–Trinajstić information content (AvgIpc) is 2.18. The van der Waals surface area contributed by atoms with E-state index in [1.807, 2.05) is 4.68 Å². The maximum absolute atomic E-state index is 3.86. The lowest BCUT2D eigenvalue weighted by atomic mass is 10.5. The van der Waals surface area contributed by atoms with Crippen LogP contribution in [0.4, 0.5) is 0 Å². The standard InChI is InChI=1S/C5H8IN3/c1-2-3-9-5(6)4-7-8-9/h4H,2-3H2,1H3. The van der Waals surface area contributed by atoms with Crippen molar-refractivity contribution in [1.82, 2.24) is 15.0 Å². The topological polar surface area (TPSA) is 30.7 Å². The van der Waals surface area contributed by atoms with Crippen LogP contribution >= 0.6 is 22.6 Å². The Bertz CT molecular complexity index is 184. The molecule has 1 heterocycles. The van der Waals surface area contributed by atoms with Gasteiger partial charge in [0.2, 0.25) is 0 Å². The molecule has 0 bridgehead atoms. The van der Waals surface area contributed by atoms with Gasteiger partial charge in [-0.2, -0.15) is 0 Å². The first-order valence-corrected chi connectivity index (χ1v) is 3.96. The number of aromatic nitrogens is 3. The smallest absolute Gasteiger partial charge is 0.119 e. The van der Waals surface area contributed by atoms with Crippen LogP contribution in [0.25, 0.3) is 0 Å². The van der Waals surface area contributed by atoms with Gasteiger partial charge in [0.25, 0.3) is 0 Å². The van der Waals surface area contributed by atoms with Gasteiger partial charge in [-0.15, -0.1) is 5.10 Å². The van der Waals surface area contributed by atoms with E-state index in [-0.39, 0.29) is 0 Å². The summed E-state index contributed by atoms with van der Waals surface area (Å²) >= 11 is 2.22. The van der Waals surface area contributed by atoms with Crippen LogP contribution in [0.1, 0.15) is 13.3 Å². The summed E-state index contributed by atoms with van der Waals surface area (Å²) < 4.78 is 3.00. The second-order valence-corrected chi connectivity index (χ2v) is 2.89. The highest BCUT2D eigenvalue weighted by atomic mass is 127. The van der Waals surface area contributed by atoms with E-state index < -0.39 is 0 Å². The molecule has 0 saturated carbocycles. The summed E-state index contributed by atoms with van der Waals surface area (Å²) in [6.45, 7) is 3.09. The fourth-order valence-electron chi connectivity index (χ4n) is 0.608. The van der Waals surface area contributed by atoms with Crippen molar-refractivity contribution < 1.29 is 0 Å². The van der Waals surface area contributed by atoms with Crippen LogP contribution in [0.5, 0.6) is 0 Å². The third kappa shape index (κ3) is 1.64. The molecule has 3 nitrogen and oxygen atoms in total. The Hall–Kier alpha value is -0.130. The van der Waals surface area contributed by atoms with E-state index in [1.54, 1.807) is 6.20 Å². The molecule has 0 aliphatic carbocycles. The molecule has 0 unspecified atom stereocenters. The van der Waals surface area contributed by atoms with E-state index in [4.69, 9.17) is 0 Å². The molecule has 0 radical (unpaired) electrons. The Balaban J connectivity index is 2.69. The quantitative estimate of drug-likeness (QED) is 0.725. The molecule has 1 aromatic rings. The Morgan fingerprint density at radius 2 is 2.56 bits per heavy atom. The van der Waals surface area contributed by atoms with E-state index in [1.165, 1.54) is 0 Å². The second-order valence-electron chi connectivity index (χ2n) is 1.78. The predicted molar refractivity (Wildman–Crippen MR) is 43.0 cm³/mol. The first-order valence-electron chi connectivity index (χ1n) is 2.88. The van der Waals surface area contributed by atoms with Crippen molar-refractivity contribution in [1.29, 1.82) is 0 Å². The van der Waals surface area contributed by atoms with E-state index in [0.29, 0.717) is 0 Å². The Morgan fingerprint density at radius 1 is 1.78 bits per heavy atom. The molecule has 0 amide bonds. The highest BCUT2D eigenvalue weighted by molar-refractivity contribution is 14.1. The minimum atomic E-state index is 0.971. The SMILES string of the molecule is CCCn1nncc1I. The van der Waals surface area contributed by atoms with Gasteiger partial charge in [0.05, 0.1) is 6.20 Å². The van der Waals surface area contributed by atoms with Gasteiger partial charge in [-0.3, -0.25) is 0 Å². The molecule has 4 heteroatoms. The third-order valence-electron chi connectivity index (χ3n) is 1.01. The van der Waals surface area contributed by atoms with Crippen LogP contribution in [-0.2, 0) is 6.54 Å². The maximum Gasteiger partial charge on any atom is 0.119 e. The van der Waals surface area contributed by atoms with Crippen molar-refractivity contribution in [2.75, 3.05) is 0 Å². The molecule has 1 rings (SSSR count). The van der Waals surface area contributed by atoms with Gasteiger partial charge in [-0.25, -0.2) is 4.68 Å². The van der Waals surface area contributed by atoms with Gasteiger partial charge in [0.1, 0.15) is 3.70 Å². The largest absolute Gasteiger partial charge is 0.239 e. The monoisotopic (exact) mass is 237 g/mol. The van der Waals surface area contributed by atoms with Gasteiger partial charge in [-0.1, -0.05) is 12.1 Å². The molecule has 0 aliphatic heterocycles. The molecule has 0 aliphatic rings. The summed E-state index contributed by atoms with van der Waals surface area (Å²) in [5, 5.41) is 7.61. The number of rotatable bonds is 2. The van der Waals surface area contributed by atoms with E-state index in [2.05, 4.69) is 39.8 Å². The molecular weight excluding hydrogens is 229 g/mol. The van der Waals surface area contributed by atoms with Gasteiger partial charge in [0, 0.05) is 6.54 Å². The van der Waals surface area contributed by atoms with Crippen LogP contribution < -0.4 is 0 Å². The zero-order valence-electron chi connectivity index (χ0n) is 5.21. The fourth-order valence-corrected chi connectivity index (χ4v) is 1.07. The third-order valence-corrected chi connectivity index (χ3v) is 1.84. The van der Waals surface area contributed by atoms with Crippen LogP contribution in [-0.4, -0.2) is 15.0 Å². The average molecular weight is 237 g/mol. The summed E-state index contributed by atoms with van der Waals surface area (Å²) in [5.41, 5.74) is 0. The van der Waals surface area contributed by atoms with Crippen molar-refractivity contribution >= 4 is 22.6 Å². The van der Waals surface area contributed by atoms with Crippen LogP contribution in [0.3, 0.4) is 0 Å². The van der Waals surface area contributed by atoms with Gasteiger partial charge < -0.3 is 0 Å². The molecule has 50 valence electrons. The Morgan fingerprint density at radius 3 is 3.00 bits per heavy atom. The summed E-state index contributed by atoms with van der Waals surface area (Å²) in [6, 6.07) is 0. The van der Waals surface area contributed by atoms with E-state index in [9.17, 15) is 0 Å². The Labute approximate surface area is 67.6 Å². The zero-order chi connectivity index (χ0) is 6.69. The first kappa shape index (κ1) is 6.98. The normalized spacial score (nSPS) is 10.0. The number of aryl methyl sites for hydroxylation is 1. The fraction of sp³-hybridized carbons (Fsp3) is 0.600. The predicted octanol–water partition coefficient (Wildman–Crippen LogP) is 1.29. The number of hydrogen-bond acceptors (Lipinski definition) is 2. The van der Waals surface area contributed by atoms with Crippen LogP contribution in [0, 0.1) is 3.70 Å². The van der Waals surface area contributed by atoms with Crippen molar-refractivity contribution in [3.8, 4) is 0 Å². The first-order chi connectivity index (χ1) is 4.34. The minimum absolute atomic E-state index is 0.971. The molecule has 0 spiro atoms. The minimum Gasteiger partial charge on any atom is -0.239 e. The molecule has 0 atom stereocenters. The summed E-state index contributed by atoms with van der Waals surface area (Å²) in [5.74, 6) is 0. The second kappa shape index (κ2) is 3.14. The zero-order valence-corrected chi connectivity index (χ0v) is 7.37. The van der Waals surface area contributed by atoms with Crippen LogP contribution in [0.2, 0.25) is 0 Å². The molecule has 0 aromatic carbocycles. The number of nitrogens with zero attached hydrogens (tertiary/aromatic N) is 3. The highest BCUT2D eigenvalue weighted by Crippen LogP contribution is 2.00. The molecule has 1 aromatic heterocycles. The van der Waals surface area contributed by atoms with E-state index >= 15 is 0 Å². The lowest BCUT2D eigenvalue weighted by molar-refractivity contribution is 0.568. The van der Waals surface area contributed by atoms with E-state index in [0.717, 1.165) is 16.7 Å². The van der Waals surface area contributed by atoms with Gasteiger partial charge in [-0.05, 0) is 29.0 Å². The van der Waals surface area contributed by atoms with Crippen molar-refractivity contribution in [3.63, 3.8) is 0 Å². The maximum atomic E-state index is 3.86. The summed E-state index contributed by atoms with van der Waals surface area (Å²) in [6.07, 6.45) is 2.87. The summed E-state index contributed by atoms with van der Waals surface area (Å²) in [7, 11) is 0. The van der Waals surface area contributed by atoms with Crippen molar-refractivity contribution in [2.24, 2.45) is 0 Å². The summed E-state index contributed by atoms with van der Waals surface area (Å²) in [4.78, 5) is 0. The molecular formula is C5H8IN3.